The van der Waals surface area contributed by atoms with Gasteiger partial charge in [0, 0.05) is 24.3 Å². The monoisotopic (exact) mass is 230 g/mol. The number of nitriles is 1. The number of ketones is 1. The van der Waals surface area contributed by atoms with Crippen molar-refractivity contribution < 1.29 is 4.79 Å². The van der Waals surface area contributed by atoms with Gasteiger partial charge in [0.05, 0.1) is 11.6 Å². The Morgan fingerprint density at radius 2 is 2.18 bits per heavy atom. The molecule has 0 fully saturated rings. The van der Waals surface area contributed by atoms with Gasteiger partial charge in [0.2, 0.25) is 0 Å². The van der Waals surface area contributed by atoms with Crippen molar-refractivity contribution in [2.75, 3.05) is 11.9 Å². The Hall–Kier alpha value is -1.82. The summed E-state index contributed by atoms with van der Waals surface area (Å²) >= 11 is 0. The summed E-state index contributed by atoms with van der Waals surface area (Å²) in [4.78, 5) is 13.6. The fraction of sp³-hybridized carbons (Fsp3) is 0.429. The van der Waals surface area contributed by atoms with Gasteiger partial charge in [0.25, 0.3) is 0 Å². The molecular formula is C14H18N2O. The summed E-state index contributed by atoms with van der Waals surface area (Å²) in [5.74, 6) is 0.0274. The predicted molar refractivity (Wildman–Crippen MR) is 69.3 cm³/mol. The van der Waals surface area contributed by atoms with Crippen molar-refractivity contribution in [1.29, 1.82) is 5.26 Å². The first-order valence-electron chi connectivity index (χ1n) is 5.79. The molecule has 0 spiro atoms. The van der Waals surface area contributed by atoms with Crippen molar-refractivity contribution in [2.24, 2.45) is 0 Å². The Kier molecular flexibility index (Phi) is 4.28. The smallest absolute Gasteiger partial charge is 0.161 e. The van der Waals surface area contributed by atoms with Crippen LogP contribution in [0.25, 0.3) is 0 Å². The summed E-state index contributed by atoms with van der Waals surface area (Å²) in [6.07, 6.45) is 0.991. The fourth-order valence-electron chi connectivity index (χ4n) is 1.70. The number of rotatable bonds is 4. The molecule has 1 unspecified atom stereocenters. The van der Waals surface area contributed by atoms with Crippen LogP contribution in [0.1, 0.15) is 43.1 Å². The Balaban J connectivity index is 3.27. The van der Waals surface area contributed by atoms with Gasteiger partial charge < -0.3 is 4.90 Å². The first-order chi connectivity index (χ1) is 8.01. The second-order valence-corrected chi connectivity index (χ2v) is 4.27. The van der Waals surface area contributed by atoms with Gasteiger partial charge in [-0.25, -0.2) is 0 Å². The molecule has 0 aliphatic rings. The van der Waals surface area contributed by atoms with E-state index in [0.717, 1.165) is 12.1 Å². The maximum absolute atomic E-state index is 11.6. The van der Waals surface area contributed by atoms with Crippen LogP contribution in [0.4, 0.5) is 5.69 Å². The Morgan fingerprint density at radius 1 is 1.53 bits per heavy atom. The topological polar surface area (TPSA) is 44.1 Å². The highest BCUT2D eigenvalue weighted by Gasteiger charge is 2.15. The summed E-state index contributed by atoms with van der Waals surface area (Å²) in [6, 6.07) is 7.64. The number of nitrogens with zero attached hydrogens (tertiary/aromatic N) is 2. The van der Waals surface area contributed by atoms with Crippen LogP contribution >= 0.6 is 0 Å². The zero-order chi connectivity index (χ0) is 13.0. The largest absolute Gasteiger partial charge is 0.371 e. The minimum Gasteiger partial charge on any atom is -0.371 e. The molecule has 0 aromatic heterocycles. The van der Waals surface area contributed by atoms with Crippen molar-refractivity contribution in [1.82, 2.24) is 0 Å². The molecule has 0 saturated carbocycles. The predicted octanol–water partition coefficient (Wildman–Crippen LogP) is 3.00. The number of carbonyl (C=O) groups is 1. The molecule has 0 bridgehead atoms. The molecule has 0 amide bonds. The number of carbonyl (C=O) groups excluding carboxylic acids is 1. The molecule has 90 valence electrons. The van der Waals surface area contributed by atoms with Crippen LogP contribution in [-0.4, -0.2) is 18.9 Å². The summed E-state index contributed by atoms with van der Waals surface area (Å²) in [7, 11) is 1.96. The van der Waals surface area contributed by atoms with E-state index in [1.54, 1.807) is 25.1 Å². The molecule has 3 nitrogen and oxygen atoms in total. The molecule has 0 aliphatic heterocycles. The van der Waals surface area contributed by atoms with Crippen LogP contribution in [0, 0.1) is 11.3 Å². The van der Waals surface area contributed by atoms with Crippen LogP contribution < -0.4 is 4.90 Å². The number of hydrogen-bond acceptors (Lipinski definition) is 3. The first-order valence-corrected chi connectivity index (χ1v) is 5.79. The Labute approximate surface area is 103 Å². The molecule has 0 radical (unpaired) electrons. The lowest BCUT2D eigenvalue weighted by atomic mass is 10.0. The minimum absolute atomic E-state index is 0.0274. The molecule has 0 heterocycles. The van der Waals surface area contributed by atoms with E-state index in [1.807, 2.05) is 7.05 Å². The summed E-state index contributed by atoms with van der Waals surface area (Å²) < 4.78 is 0. The van der Waals surface area contributed by atoms with Crippen LogP contribution in [0.5, 0.6) is 0 Å². The van der Waals surface area contributed by atoms with Crippen LogP contribution in [0.15, 0.2) is 18.2 Å². The number of hydrogen-bond donors (Lipinski definition) is 0. The molecule has 1 aromatic rings. The highest BCUT2D eigenvalue weighted by atomic mass is 16.1. The highest BCUT2D eigenvalue weighted by molar-refractivity contribution is 6.00. The van der Waals surface area contributed by atoms with Gasteiger partial charge in [-0.1, -0.05) is 6.92 Å². The molecule has 1 atom stereocenters. The maximum Gasteiger partial charge on any atom is 0.161 e. The third-order valence-corrected chi connectivity index (χ3v) is 3.14. The molecule has 17 heavy (non-hydrogen) atoms. The SMILES string of the molecule is CCC(C)N(C)c1cc(C#N)ccc1C(C)=O. The molecule has 1 aromatic carbocycles. The van der Waals surface area contributed by atoms with E-state index in [1.165, 1.54) is 0 Å². The van der Waals surface area contributed by atoms with Crippen molar-refractivity contribution in [3.63, 3.8) is 0 Å². The second kappa shape index (κ2) is 5.49. The van der Waals surface area contributed by atoms with Gasteiger partial charge in [0.15, 0.2) is 5.78 Å². The Morgan fingerprint density at radius 3 is 2.65 bits per heavy atom. The van der Waals surface area contributed by atoms with Gasteiger partial charge in [0.1, 0.15) is 0 Å². The molecule has 0 saturated heterocycles. The standard InChI is InChI=1S/C14H18N2O/c1-5-10(2)16(4)14-8-12(9-15)6-7-13(14)11(3)17/h6-8,10H,5H2,1-4H3. The van der Waals surface area contributed by atoms with Crippen molar-refractivity contribution in [3.05, 3.63) is 29.3 Å². The van der Waals surface area contributed by atoms with E-state index in [9.17, 15) is 4.79 Å². The van der Waals surface area contributed by atoms with Crippen molar-refractivity contribution >= 4 is 11.5 Å². The summed E-state index contributed by atoms with van der Waals surface area (Å²) in [5.41, 5.74) is 2.10. The van der Waals surface area contributed by atoms with Gasteiger partial charge in [-0.05, 0) is 38.5 Å². The fourth-order valence-corrected chi connectivity index (χ4v) is 1.70. The van der Waals surface area contributed by atoms with Crippen molar-refractivity contribution in [2.45, 2.75) is 33.2 Å². The average Bonchev–Trinajstić information content (AvgIpc) is 2.35. The molecule has 1 rings (SSSR count). The molecular weight excluding hydrogens is 212 g/mol. The lowest BCUT2D eigenvalue weighted by Gasteiger charge is -2.27. The van der Waals surface area contributed by atoms with Gasteiger partial charge in [-0.2, -0.15) is 5.26 Å². The molecule has 0 N–H and O–H groups in total. The summed E-state index contributed by atoms with van der Waals surface area (Å²) in [6.45, 7) is 5.75. The lowest BCUT2D eigenvalue weighted by molar-refractivity contribution is 0.101. The maximum atomic E-state index is 11.6. The van der Waals surface area contributed by atoms with E-state index >= 15 is 0 Å². The molecule has 3 heteroatoms. The number of Topliss-reactive ketones (excluding diaryl/α,β-unsaturated/α-hetero) is 1. The first kappa shape index (κ1) is 13.2. The highest BCUT2D eigenvalue weighted by Crippen LogP contribution is 2.24. The lowest BCUT2D eigenvalue weighted by Crippen LogP contribution is -2.29. The van der Waals surface area contributed by atoms with Crippen molar-refractivity contribution in [3.8, 4) is 6.07 Å². The zero-order valence-electron chi connectivity index (χ0n) is 10.8. The number of anilines is 1. The Bertz CT molecular complexity index is 460. The van der Waals surface area contributed by atoms with Crippen LogP contribution in [-0.2, 0) is 0 Å². The normalized spacial score (nSPS) is 11.7. The molecule has 0 aliphatic carbocycles. The van der Waals surface area contributed by atoms with E-state index in [0.29, 0.717) is 17.2 Å². The van der Waals surface area contributed by atoms with Gasteiger partial charge in [-0.15, -0.1) is 0 Å². The minimum atomic E-state index is 0.0274. The van der Waals surface area contributed by atoms with Gasteiger partial charge in [-0.3, -0.25) is 4.79 Å². The third kappa shape index (κ3) is 2.85. The van der Waals surface area contributed by atoms with Crippen LogP contribution in [0.2, 0.25) is 0 Å². The van der Waals surface area contributed by atoms with E-state index < -0.39 is 0 Å². The second-order valence-electron chi connectivity index (χ2n) is 4.27. The van der Waals surface area contributed by atoms with E-state index in [2.05, 4.69) is 24.8 Å². The van der Waals surface area contributed by atoms with E-state index in [-0.39, 0.29) is 5.78 Å². The van der Waals surface area contributed by atoms with Crippen LogP contribution in [0.3, 0.4) is 0 Å². The average molecular weight is 230 g/mol. The van der Waals surface area contributed by atoms with E-state index in [4.69, 9.17) is 5.26 Å². The zero-order valence-corrected chi connectivity index (χ0v) is 10.8. The third-order valence-electron chi connectivity index (χ3n) is 3.14. The quantitative estimate of drug-likeness (QED) is 0.747. The number of benzene rings is 1. The summed E-state index contributed by atoms with van der Waals surface area (Å²) in [5, 5.41) is 8.92. The van der Waals surface area contributed by atoms with Gasteiger partial charge >= 0.3 is 0 Å².